The fourth-order valence-electron chi connectivity index (χ4n) is 2.56. The first-order chi connectivity index (χ1) is 10.3. The van der Waals surface area contributed by atoms with E-state index in [1.54, 1.807) is 6.07 Å². The Bertz CT molecular complexity index is 785. The Morgan fingerprint density at radius 1 is 1.41 bits per heavy atom. The number of carbonyl (C=O) groups is 2. The van der Waals surface area contributed by atoms with Crippen LogP contribution in [0, 0.1) is 0 Å². The Kier molecular flexibility index (Phi) is 3.76. The van der Waals surface area contributed by atoms with Crippen molar-refractivity contribution in [3.8, 4) is 0 Å². The molecule has 0 aromatic carbocycles. The van der Waals surface area contributed by atoms with E-state index in [0.29, 0.717) is 18.4 Å². The standard InChI is InChI=1S/C12H11ClN2O5S2/c13-7-5-15(12(17)14-11(7)22(18,19)20)8-1-2-9-6(10(8)16)3-4-21-9/h3-5,8,11H,1-2H2,(H,14,17)(H,18,19,20). The van der Waals surface area contributed by atoms with E-state index in [2.05, 4.69) is 5.32 Å². The number of Topliss-reactive ketones (excluding diaryl/α,β-unsaturated/α-hetero) is 1. The average Bonchev–Trinajstić information content (AvgIpc) is 2.90. The van der Waals surface area contributed by atoms with Gasteiger partial charge in [-0.25, -0.2) is 4.79 Å². The van der Waals surface area contributed by atoms with Gasteiger partial charge >= 0.3 is 6.03 Å². The van der Waals surface area contributed by atoms with Crippen LogP contribution in [0.4, 0.5) is 4.79 Å². The monoisotopic (exact) mass is 362 g/mol. The van der Waals surface area contributed by atoms with Gasteiger partial charge in [-0.1, -0.05) is 11.6 Å². The average molecular weight is 363 g/mol. The van der Waals surface area contributed by atoms with Crippen LogP contribution in [0.25, 0.3) is 0 Å². The van der Waals surface area contributed by atoms with Crippen molar-refractivity contribution in [2.24, 2.45) is 0 Å². The molecule has 7 nitrogen and oxygen atoms in total. The van der Waals surface area contributed by atoms with Crippen molar-refractivity contribution in [2.75, 3.05) is 0 Å². The molecule has 2 amide bonds. The minimum absolute atomic E-state index is 0.205. The lowest BCUT2D eigenvalue weighted by Crippen LogP contribution is -2.55. The zero-order chi connectivity index (χ0) is 16.1. The fraction of sp³-hybridized carbons (Fsp3) is 0.333. The van der Waals surface area contributed by atoms with Crippen LogP contribution in [0.1, 0.15) is 21.7 Å². The van der Waals surface area contributed by atoms with Gasteiger partial charge in [0.25, 0.3) is 10.1 Å². The molecular formula is C12H11ClN2O5S2. The summed E-state index contributed by atoms with van der Waals surface area (Å²) in [4.78, 5) is 26.6. The normalized spacial score (nSPS) is 25.5. The Labute approximate surface area is 135 Å². The van der Waals surface area contributed by atoms with Gasteiger partial charge in [-0.05, 0) is 24.3 Å². The van der Waals surface area contributed by atoms with Crippen LogP contribution in [0.5, 0.6) is 0 Å². The molecule has 0 spiro atoms. The first kappa shape index (κ1) is 15.5. The topological polar surface area (TPSA) is 104 Å². The Morgan fingerprint density at radius 3 is 2.82 bits per heavy atom. The van der Waals surface area contributed by atoms with Crippen LogP contribution in [0.15, 0.2) is 22.7 Å². The van der Waals surface area contributed by atoms with Gasteiger partial charge < -0.3 is 5.32 Å². The van der Waals surface area contributed by atoms with E-state index in [1.165, 1.54) is 11.3 Å². The molecule has 1 aliphatic heterocycles. The highest BCUT2D eigenvalue weighted by Gasteiger charge is 2.40. The molecule has 3 rings (SSSR count). The summed E-state index contributed by atoms with van der Waals surface area (Å²) in [6.45, 7) is 0. The van der Waals surface area contributed by atoms with E-state index in [4.69, 9.17) is 16.2 Å². The maximum absolute atomic E-state index is 12.5. The zero-order valence-electron chi connectivity index (χ0n) is 11.0. The quantitative estimate of drug-likeness (QED) is 0.777. The molecule has 0 saturated heterocycles. The number of thiophene rings is 1. The number of nitrogens with one attached hydrogen (secondary N) is 1. The van der Waals surface area contributed by atoms with Gasteiger partial charge in [-0.3, -0.25) is 14.2 Å². The smallest absolute Gasteiger partial charge is 0.314 e. The number of carbonyl (C=O) groups excluding carboxylic acids is 2. The maximum atomic E-state index is 12.5. The second kappa shape index (κ2) is 5.34. The second-order valence-corrected chi connectivity index (χ2v) is 7.88. The number of nitrogens with zero attached hydrogens (tertiary/aromatic N) is 1. The van der Waals surface area contributed by atoms with E-state index in [9.17, 15) is 18.0 Å². The lowest BCUT2D eigenvalue weighted by Gasteiger charge is -2.34. The Hall–Kier alpha value is -1.42. The van der Waals surface area contributed by atoms with E-state index < -0.39 is 27.6 Å². The number of halogens is 1. The number of urea groups is 1. The third kappa shape index (κ3) is 2.54. The number of hydrogen-bond donors (Lipinski definition) is 2. The predicted molar refractivity (Wildman–Crippen MR) is 80.4 cm³/mol. The van der Waals surface area contributed by atoms with Crippen LogP contribution in [0.2, 0.25) is 0 Å². The molecule has 0 saturated carbocycles. The molecule has 2 atom stereocenters. The van der Waals surface area contributed by atoms with Gasteiger partial charge in [0.1, 0.15) is 6.04 Å². The van der Waals surface area contributed by atoms with Gasteiger partial charge in [0, 0.05) is 16.6 Å². The molecule has 0 fully saturated rings. The van der Waals surface area contributed by atoms with Gasteiger partial charge in [-0.15, -0.1) is 11.3 Å². The maximum Gasteiger partial charge on any atom is 0.323 e. The summed E-state index contributed by atoms with van der Waals surface area (Å²) in [7, 11) is -4.56. The first-order valence-corrected chi connectivity index (χ1v) is 9.08. The minimum Gasteiger partial charge on any atom is -0.314 e. The zero-order valence-corrected chi connectivity index (χ0v) is 13.4. The third-order valence-corrected chi connectivity index (χ3v) is 5.99. The summed E-state index contributed by atoms with van der Waals surface area (Å²) >= 11 is 7.32. The summed E-state index contributed by atoms with van der Waals surface area (Å²) in [6.07, 6.45) is 2.18. The lowest BCUT2D eigenvalue weighted by atomic mass is 9.92. The van der Waals surface area contributed by atoms with Crippen molar-refractivity contribution in [3.05, 3.63) is 33.1 Å². The number of rotatable bonds is 2. The largest absolute Gasteiger partial charge is 0.323 e. The summed E-state index contributed by atoms with van der Waals surface area (Å²) in [6, 6.07) is 0.185. The Balaban J connectivity index is 1.92. The van der Waals surface area contributed by atoms with Crippen molar-refractivity contribution in [2.45, 2.75) is 24.3 Å². The molecule has 2 unspecified atom stereocenters. The number of aryl methyl sites for hydroxylation is 1. The van der Waals surface area contributed by atoms with E-state index >= 15 is 0 Å². The van der Waals surface area contributed by atoms with Crippen molar-refractivity contribution in [1.29, 1.82) is 0 Å². The number of ketones is 1. The number of hydrogen-bond acceptors (Lipinski definition) is 5. The molecule has 0 bridgehead atoms. The van der Waals surface area contributed by atoms with Gasteiger partial charge in [-0.2, -0.15) is 8.42 Å². The molecule has 118 valence electrons. The number of fused-ring (bicyclic) bond motifs is 1. The number of amides is 2. The van der Waals surface area contributed by atoms with E-state index in [-0.39, 0.29) is 10.8 Å². The van der Waals surface area contributed by atoms with Crippen LogP contribution < -0.4 is 5.32 Å². The first-order valence-electron chi connectivity index (χ1n) is 6.32. The highest BCUT2D eigenvalue weighted by atomic mass is 35.5. The van der Waals surface area contributed by atoms with E-state index in [0.717, 1.165) is 16.0 Å². The SMILES string of the molecule is O=C1c2ccsc2CCC1N1C=C(Cl)C(S(=O)(=O)O)NC1=O. The van der Waals surface area contributed by atoms with Gasteiger partial charge in [0.2, 0.25) is 0 Å². The molecule has 2 aliphatic rings. The molecule has 2 heterocycles. The van der Waals surface area contributed by atoms with Crippen LogP contribution in [-0.4, -0.2) is 41.1 Å². The van der Waals surface area contributed by atoms with Crippen molar-refractivity contribution in [3.63, 3.8) is 0 Å². The van der Waals surface area contributed by atoms with Crippen molar-refractivity contribution in [1.82, 2.24) is 10.2 Å². The van der Waals surface area contributed by atoms with Crippen LogP contribution in [0.3, 0.4) is 0 Å². The Morgan fingerprint density at radius 2 is 2.14 bits per heavy atom. The predicted octanol–water partition coefficient (Wildman–Crippen LogP) is 1.56. The molecule has 1 aliphatic carbocycles. The minimum atomic E-state index is -4.56. The summed E-state index contributed by atoms with van der Waals surface area (Å²) in [5, 5.41) is 1.94. The summed E-state index contributed by atoms with van der Waals surface area (Å²) in [5.41, 5.74) is 0.579. The van der Waals surface area contributed by atoms with Crippen molar-refractivity contribution < 1.29 is 22.6 Å². The fourth-order valence-corrected chi connectivity index (χ4v) is 4.55. The molecule has 1 aromatic heterocycles. The summed E-state index contributed by atoms with van der Waals surface area (Å²) < 4.78 is 31.3. The van der Waals surface area contributed by atoms with Gasteiger partial charge in [0.15, 0.2) is 11.2 Å². The summed E-state index contributed by atoms with van der Waals surface area (Å²) in [5.74, 6) is -0.205. The van der Waals surface area contributed by atoms with Crippen LogP contribution in [-0.2, 0) is 16.5 Å². The molecule has 0 radical (unpaired) electrons. The lowest BCUT2D eigenvalue weighted by molar-refractivity contribution is 0.0864. The molecule has 2 N–H and O–H groups in total. The highest BCUT2D eigenvalue weighted by molar-refractivity contribution is 7.86. The van der Waals surface area contributed by atoms with Gasteiger partial charge in [0.05, 0.1) is 5.03 Å². The molecule has 10 heteroatoms. The third-order valence-electron chi connectivity index (χ3n) is 3.59. The molecule has 1 aromatic rings. The highest BCUT2D eigenvalue weighted by Crippen LogP contribution is 2.31. The van der Waals surface area contributed by atoms with Crippen LogP contribution >= 0.6 is 22.9 Å². The molecular weight excluding hydrogens is 352 g/mol. The van der Waals surface area contributed by atoms with E-state index in [1.807, 2.05) is 5.38 Å². The molecule has 22 heavy (non-hydrogen) atoms. The second-order valence-electron chi connectivity index (χ2n) is 4.94. The van der Waals surface area contributed by atoms with Crippen molar-refractivity contribution >= 4 is 44.9 Å².